The Bertz CT molecular complexity index is 706. The number of hydrogen-bond donors (Lipinski definition) is 2. The summed E-state index contributed by atoms with van der Waals surface area (Å²) >= 11 is 0. The zero-order valence-electron chi connectivity index (χ0n) is 12.3. The molecule has 0 saturated carbocycles. The van der Waals surface area contributed by atoms with Crippen molar-refractivity contribution in [1.82, 2.24) is 20.1 Å². The highest BCUT2D eigenvalue weighted by atomic mass is 35.5. The molecule has 1 unspecified atom stereocenters. The Labute approximate surface area is 137 Å². The zero-order valence-corrected chi connectivity index (χ0v) is 13.1. The lowest BCUT2D eigenvalue weighted by Crippen LogP contribution is -2.35. The van der Waals surface area contributed by atoms with Crippen molar-refractivity contribution in [2.75, 3.05) is 11.9 Å². The van der Waals surface area contributed by atoms with Crippen molar-refractivity contribution in [1.29, 1.82) is 0 Å². The normalized spacial score (nSPS) is 19.2. The van der Waals surface area contributed by atoms with Gasteiger partial charge >= 0.3 is 0 Å². The van der Waals surface area contributed by atoms with Gasteiger partial charge < -0.3 is 9.88 Å². The second-order valence-electron chi connectivity index (χ2n) is 5.33. The van der Waals surface area contributed by atoms with E-state index in [0.29, 0.717) is 11.5 Å². The van der Waals surface area contributed by atoms with Gasteiger partial charge in [0.05, 0.1) is 12.6 Å². The summed E-state index contributed by atoms with van der Waals surface area (Å²) in [5.74, 6) is -2.64. The molecule has 1 aliphatic heterocycles. The fourth-order valence-electron chi connectivity index (χ4n) is 2.41. The zero-order chi connectivity index (χ0) is 15.7. The minimum Gasteiger partial charge on any atom is -0.325 e. The second kappa shape index (κ2) is 6.59. The van der Waals surface area contributed by atoms with E-state index in [2.05, 4.69) is 20.8 Å². The molecule has 1 aromatic carbocycles. The lowest BCUT2D eigenvalue weighted by atomic mass is 10.1. The van der Waals surface area contributed by atoms with E-state index in [0.717, 1.165) is 5.56 Å². The maximum Gasteiger partial charge on any atom is 0.262 e. The van der Waals surface area contributed by atoms with Crippen LogP contribution < -0.4 is 10.6 Å². The molecule has 2 N–H and O–H groups in total. The van der Waals surface area contributed by atoms with E-state index in [-0.39, 0.29) is 12.4 Å². The van der Waals surface area contributed by atoms with Crippen LogP contribution in [-0.4, -0.2) is 39.2 Å². The van der Waals surface area contributed by atoms with Crippen LogP contribution >= 0.6 is 12.4 Å². The number of carbonyl (C=O) groups is 1. The quantitative estimate of drug-likeness (QED) is 0.892. The van der Waals surface area contributed by atoms with Gasteiger partial charge in [0.15, 0.2) is 5.82 Å². The molecule has 3 rings (SSSR count). The number of carbonyl (C=O) groups excluding carboxylic acids is 1. The van der Waals surface area contributed by atoms with Crippen LogP contribution in [0.5, 0.6) is 0 Å². The average molecular weight is 344 g/mol. The number of aromatic nitrogens is 3. The molecule has 23 heavy (non-hydrogen) atoms. The molecule has 0 bridgehead atoms. The van der Waals surface area contributed by atoms with Gasteiger partial charge in [-0.05, 0) is 12.1 Å². The standard InChI is InChI=1S/C14H15F2N5O.ClH/c1-21-8-18-20-12(21)9-3-2-4-10(5-9)19-13(22)11-6-14(15,16)7-17-11;/h2-5,8,11,17H,6-7H2,1H3,(H,19,22);1H. The van der Waals surface area contributed by atoms with Crippen molar-refractivity contribution in [2.45, 2.75) is 18.4 Å². The monoisotopic (exact) mass is 343 g/mol. The molecule has 0 aliphatic carbocycles. The summed E-state index contributed by atoms with van der Waals surface area (Å²) in [5.41, 5.74) is 1.31. The summed E-state index contributed by atoms with van der Waals surface area (Å²) in [6.45, 7) is -0.468. The van der Waals surface area contributed by atoms with Crippen molar-refractivity contribution in [3.8, 4) is 11.4 Å². The number of aryl methyl sites for hydroxylation is 1. The first-order chi connectivity index (χ1) is 10.4. The highest BCUT2D eigenvalue weighted by Crippen LogP contribution is 2.26. The van der Waals surface area contributed by atoms with Crippen molar-refractivity contribution < 1.29 is 13.6 Å². The van der Waals surface area contributed by atoms with Crippen LogP contribution in [0.2, 0.25) is 0 Å². The molecule has 6 nitrogen and oxygen atoms in total. The number of benzene rings is 1. The van der Waals surface area contributed by atoms with E-state index < -0.39 is 30.8 Å². The summed E-state index contributed by atoms with van der Waals surface area (Å²) in [7, 11) is 1.81. The van der Waals surface area contributed by atoms with Crippen LogP contribution in [0.25, 0.3) is 11.4 Å². The molecular weight excluding hydrogens is 328 g/mol. The SMILES string of the molecule is Cl.Cn1cnnc1-c1cccc(NC(=O)C2CC(F)(F)CN2)c1. The topological polar surface area (TPSA) is 71.8 Å². The number of rotatable bonds is 3. The number of nitrogens with zero attached hydrogens (tertiary/aromatic N) is 3. The smallest absolute Gasteiger partial charge is 0.262 e. The van der Waals surface area contributed by atoms with Gasteiger partial charge in [-0.15, -0.1) is 22.6 Å². The van der Waals surface area contributed by atoms with Gasteiger partial charge in [0, 0.05) is 24.7 Å². The molecule has 1 aliphatic rings. The third kappa shape index (κ3) is 3.83. The molecular formula is C14H16ClF2N5O. The number of amides is 1. The average Bonchev–Trinajstić information content (AvgIpc) is 3.05. The van der Waals surface area contributed by atoms with Gasteiger partial charge in [-0.25, -0.2) is 8.78 Å². The van der Waals surface area contributed by atoms with E-state index in [1.165, 1.54) is 0 Å². The summed E-state index contributed by atoms with van der Waals surface area (Å²) in [5, 5.41) is 13.0. The molecule has 0 spiro atoms. The molecule has 1 fully saturated rings. The predicted molar refractivity (Wildman–Crippen MR) is 83.7 cm³/mol. The maximum absolute atomic E-state index is 13.1. The van der Waals surface area contributed by atoms with E-state index in [1.54, 1.807) is 29.1 Å². The predicted octanol–water partition coefficient (Wildman–Crippen LogP) is 1.84. The number of anilines is 1. The highest BCUT2D eigenvalue weighted by Gasteiger charge is 2.42. The van der Waals surface area contributed by atoms with Gasteiger partial charge in [0.25, 0.3) is 5.92 Å². The van der Waals surface area contributed by atoms with Gasteiger partial charge in [0.1, 0.15) is 6.33 Å². The van der Waals surface area contributed by atoms with Crippen LogP contribution in [0, 0.1) is 0 Å². The Morgan fingerprint density at radius 3 is 2.87 bits per heavy atom. The van der Waals surface area contributed by atoms with Gasteiger partial charge in [0.2, 0.25) is 5.91 Å². The van der Waals surface area contributed by atoms with Crippen molar-refractivity contribution in [3.05, 3.63) is 30.6 Å². The van der Waals surface area contributed by atoms with Gasteiger partial charge in [-0.3, -0.25) is 10.1 Å². The Kier molecular flexibility index (Phi) is 4.96. The fourth-order valence-corrected chi connectivity index (χ4v) is 2.41. The first kappa shape index (κ1) is 17.3. The van der Waals surface area contributed by atoms with Crippen LogP contribution in [0.15, 0.2) is 30.6 Å². The lowest BCUT2D eigenvalue weighted by molar-refractivity contribution is -0.118. The second-order valence-corrected chi connectivity index (χ2v) is 5.33. The molecule has 1 saturated heterocycles. The number of alkyl halides is 2. The van der Waals surface area contributed by atoms with Crippen LogP contribution in [0.1, 0.15) is 6.42 Å². The van der Waals surface area contributed by atoms with Gasteiger partial charge in [-0.1, -0.05) is 12.1 Å². The Morgan fingerprint density at radius 1 is 1.48 bits per heavy atom. The molecule has 1 aromatic heterocycles. The molecule has 124 valence electrons. The van der Waals surface area contributed by atoms with Crippen molar-refractivity contribution in [3.63, 3.8) is 0 Å². The summed E-state index contributed by atoms with van der Waals surface area (Å²) in [6, 6.07) is 6.14. The molecule has 2 heterocycles. The Morgan fingerprint density at radius 2 is 2.26 bits per heavy atom. The molecule has 2 aromatic rings. The van der Waals surface area contributed by atoms with Crippen LogP contribution in [-0.2, 0) is 11.8 Å². The first-order valence-electron chi connectivity index (χ1n) is 6.81. The lowest BCUT2D eigenvalue weighted by Gasteiger charge is -2.12. The summed E-state index contributed by atoms with van der Waals surface area (Å²) < 4.78 is 28.0. The number of halogens is 3. The third-order valence-corrected chi connectivity index (χ3v) is 3.53. The number of nitrogens with one attached hydrogen (secondary N) is 2. The van der Waals surface area contributed by atoms with Gasteiger partial charge in [-0.2, -0.15) is 0 Å². The third-order valence-electron chi connectivity index (χ3n) is 3.53. The molecule has 1 amide bonds. The minimum absolute atomic E-state index is 0. The highest BCUT2D eigenvalue weighted by molar-refractivity contribution is 5.95. The first-order valence-corrected chi connectivity index (χ1v) is 6.81. The maximum atomic E-state index is 13.1. The molecule has 0 radical (unpaired) electrons. The largest absolute Gasteiger partial charge is 0.325 e. The van der Waals surface area contributed by atoms with E-state index in [1.807, 2.05) is 13.1 Å². The Balaban J connectivity index is 0.00000192. The van der Waals surface area contributed by atoms with Crippen LogP contribution in [0.3, 0.4) is 0 Å². The summed E-state index contributed by atoms with van der Waals surface area (Å²) in [6.07, 6.45) is 1.09. The minimum atomic E-state index is -2.83. The Hall–Kier alpha value is -2.06. The van der Waals surface area contributed by atoms with Crippen LogP contribution in [0.4, 0.5) is 14.5 Å². The van der Waals surface area contributed by atoms with Crippen molar-refractivity contribution in [2.24, 2.45) is 7.05 Å². The van der Waals surface area contributed by atoms with E-state index in [4.69, 9.17) is 0 Å². The fraction of sp³-hybridized carbons (Fsp3) is 0.357. The number of hydrogen-bond acceptors (Lipinski definition) is 4. The summed E-state index contributed by atoms with van der Waals surface area (Å²) in [4.78, 5) is 12.0. The van der Waals surface area contributed by atoms with E-state index in [9.17, 15) is 13.6 Å². The molecule has 1 atom stereocenters. The molecule has 9 heteroatoms. The van der Waals surface area contributed by atoms with E-state index >= 15 is 0 Å². The van der Waals surface area contributed by atoms with Crippen molar-refractivity contribution >= 4 is 24.0 Å².